The SMILES string of the molecule is CCNC(=NCC(O)c1ccc(Cl)cc1)NCCCNC(=O)OC(C)(C)C.I. The van der Waals surface area contributed by atoms with Crippen LogP contribution in [-0.2, 0) is 4.74 Å². The van der Waals surface area contributed by atoms with E-state index in [1.54, 1.807) is 24.3 Å². The second kappa shape index (κ2) is 13.8. The number of ether oxygens (including phenoxy) is 1. The summed E-state index contributed by atoms with van der Waals surface area (Å²) in [5, 5.41) is 19.9. The summed E-state index contributed by atoms with van der Waals surface area (Å²) in [6.45, 7) is 9.50. The lowest BCUT2D eigenvalue weighted by Crippen LogP contribution is -2.39. The molecule has 0 aliphatic rings. The standard InChI is InChI=1S/C19H31ClN4O3.HI/c1-5-21-17(22-11-6-12-23-18(26)27-19(2,3)4)24-13-16(25)14-7-9-15(20)10-8-14;/h7-10,16,25H,5-6,11-13H2,1-4H3,(H,23,26)(H2,21,22,24);1H. The molecule has 0 radical (unpaired) electrons. The zero-order valence-corrected chi connectivity index (χ0v) is 20.0. The van der Waals surface area contributed by atoms with Crippen LogP contribution in [0, 0.1) is 0 Å². The molecule has 0 bridgehead atoms. The molecule has 0 aliphatic heterocycles. The number of amides is 1. The van der Waals surface area contributed by atoms with Crippen LogP contribution in [-0.4, -0.2) is 48.9 Å². The van der Waals surface area contributed by atoms with Gasteiger partial charge in [-0.2, -0.15) is 0 Å². The van der Waals surface area contributed by atoms with Gasteiger partial charge in [0, 0.05) is 24.7 Å². The van der Waals surface area contributed by atoms with E-state index >= 15 is 0 Å². The minimum atomic E-state index is -0.702. The molecule has 0 aliphatic carbocycles. The van der Waals surface area contributed by atoms with Crippen molar-refractivity contribution in [2.24, 2.45) is 4.99 Å². The average molecular weight is 527 g/mol. The molecule has 28 heavy (non-hydrogen) atoms. The summed E-state index contributed by atoms with van der Waals surface area (Å²) in [5.41, 5.74) is 0.263. The first-order chi connectivity index (χ1) is 12.7. The van der Waals surface area contributed by atoms with E-state index < -0.39 is 17.8 Å². The molecule has 1 atom stereocenters. The number of rotatable bonds is 8. The Morgan fingerprint density at radius 3 is 2.36 bits per heavy atom. The third-order valence-electron chi connectivity index (χ3n) is 3.34. The van der Waals surface area contributed by atoms with Crippen molar-refractivity contribution >= 4 is 47.6 Å². The van der Waals surface area contributed by atoms with E-state index in [1.165, 1.54) is 0 Å². The van der Waals surface area contributed by atoms with Crippen molar-refractivity contribution in [3.63, 3.8) is 0 Å². The molecule has 4 N–H and O–H groups in total. The number of nitrogens with one attached hydrogen (secondary N) is 3. The van der Waals surface area contributed by atoms with E-state index in [0.717, 1.165) is 5.56 Å². The van der Waals surface area contributed by atoms with Gasteiger partial charge in [-0.1, -0.05) is 23.7 Å². The van der Waals surface area contributed by atoms with Crippen molar-refractivity contribution in [2.75, 3.05) is 26.2 Å². The molecule has 160 valence electrons. The number of hydrogen-bond acceptors (Lipinski definition) is 4. The Balaban J connectivity index is 0.00000729. The fourth-order valence-electron chi connectivity index (χ4n) is 2.11. The summed E-state index contributed by atoms with van der Waals surface area (Å²) < 4.78 is 5.18. The van der Waals surface area contributed by atoms with E-state index in [2.05, 4.69) is 20.9 Å². The Morgan fingerprint density at radius 2 is 1.79 bits per heavy atom. The molecule has 0 heterocycles. The van der Waals surface area contributed by atoms with Gasteiger partial charge in [-0.3, -0.25) is 4.99 Å². The predicted octanol–water partition coefficient (Wildman–Crippen LogP) is 3.46. The largest absolute Gasteiger partial charge is 0.444 e. The lowest BCUT2D eigenvalue weighted by atomic mass is 10.1. The first-order valence-electron chi connectivity index (χ1n) is 9.14. The number of aliphatic hydroxyl groups is 1. The highest BCUT2D eigenvalue weighted by atomic mass is 127. The van der Waals surface area contributed by atoms with Crippen LogP contribution in [0.25, 0.3) is 0 Å². The highest BCUT2D eigenvalue weighted by molar-refractivity contribution is 14.0. The number of halogens is 2. The minimum absolute atomic E-state index is 0. The number of benzene rings is 1. The second-order valence-electron chi connectivity index (χ2n) is 7.00. The monoisotopic (exact) mass is 526 g/mol. The molecule has 7 nitrogen and oxygen atoms in total. The number of hydrogen-bond donors (Lipinski definition) is 4. The lowest BCUT2D eigenvalue weighted by molar-refractivity contribution is 0.0527. The summed E-state index contributed by atoms with van der Waals surface area (Å²) in [5.74, 6) is 0.614. The summed E-state index contributed by atoms with van der Waals surface area (Å²) in [6, 6.07) is 7.05. The van der Waals surface area contributed by atoms with Gasteiger partial charge in [0.1, 0.15) is 5.60 Å². The number of carbonyl (C=O) groups is 1. The van der Waals surface area contributed by atoms with Gasteiger partial charge < -0.3 is 25.8 Å². The number of aliphatic hydroxyl groups excluding tert-OH is 1. The van der Waals surface area contributed by atoms with Crippen molar-refractivity contribution in [3.8, 4) is 0 Å². The fraction of sp³-hybridized carbons (Fsp3) is 0.579. The molecule has 0 spiro atoms. The number of guanidine groups is 1. The third-order valence-corrected chi connectivity index (χ3v) is 3.59. The molecule has 1 aromatic rings. The van der Waals surface area contributed by atoms with Gasteiger partial charge in [-0.15, -0.1) is 24.0 Å². The van der Waals surface area contributed by atoms with Crippen molar-refractivity contribution in [1.29, 1.82) is 0 Å². The Labute approximate surface area is 189 Å². The smallest absolute Gasteiger partial charge is 0.407 e. The average Bonchev–Trinajstić information content (AvgIpc) is 2.58. The van der Waals surface area contributed by atoms with E-state index in [-0.39, 0.29) is 30.5 Å². The van der Waals surface area contributed by atoms with Crippen LogP contribution in [0.2, 0.25) is 5.02 Å². The highest BCUT2D eigenvalue weighted by Gasteiger charge is 2.15. The normalized spacial score (nSPS) is 12.6. The van der Waals surface area contributed by atoms with Gasteiger partial charge in [-0.05, 0) is 51.8 Å². The van der Waals surface area contributed by atoms with Crippen LogP contribution in [0.3, 0.4) is 0 Å². The molecule has 0 saturated carbocycles. The number of carbonyl (C=O) groups excluding carboxylic acids is 1. The van der Waals surface area contributed by atoms with Crippen LogP contribution >= 0.6 is 35.6 Å². The maximum absolute atomic E-state index is 11.6. The molecule has 0 aromatic heterocycles. The first-order valence-corrected chi connectivity index (χ1v) is 9.51. The Hall–Kier alpha value is -1.26. The third kappa shape index (κ3) is 12.2. The highest BCUT2D eigenvalue weighted by Crippen LogP contribution is 2.16. The van der Waals surface area contributed by atoms with E-state index in [4.69, 9.17) is 16.3 Å². The van der Waals surface area contributed by atoms with Crippen LogP contribution in [0.4, 0.5) is 4.79 Å². The van der Waals surface area contributed by atoms with Crippen LogP contribution < -0.4 is 16.0 Å². The van der Waals surface area contributed by atoms with E-state index in [1.807, 2.05) is 27.7 Å². The van der Waals surface area contributed by atoms with Crippen LogP contribution in [0.1, 0.15) is 45.8 Å². The zero-order valence-electron chi connectivity index (χ0n) is 16.9. The first kappa shape index (κ1) is 26.7. The van der Waals surface area contributed by atoms with Crippen molar-refractivity contribution in [2.45, 2.75) is 45.8 Å². The number of aliphatic imine (C=N–C) groups is 1. The molecule has 1 rings (SSSR count). The maximum Gasteiger partial charge on any atom is 0.407 e. The van der Waals surface area contributed by atoms with Crippen LogP contribution in [0.15, 0.2) is 29.3 Å². The minimum Gasteiger partial charge on any atom is -0.444 e. The lowest BCUT2D eigenvalue weighted by Gasteiger charge is -2.19. The van der Waals surface area contributed by atoms with Crippen molar-refractivity contribution < 1.29 is 14.6 Å². The second-order valence-corrected chi connectivity index (χ2v) is 7.43. The quantitative estimate of drug-likeness (QED) is 0.180. The topological polar surface area (TPSA) is 95.0 Å². The molecule has 1 amide bonds. The summed E-state index contributed by atoms with van der Waals surface area (Å²) in [6.07, 6.45) is -0.413. The van der Waals surface area contributed by atoms with Gasteiger partial charge in [0.15, 0.2) is 5.96 Å². The summed E-state index contributed by atoms with van der Waals surface area (Å²) >= 11 is 5.86. The molecule has 0 fully saturated rings. The maximum atomic E-state index is 11.6. The van der Waals surface area contributed by atoms with Crippen LogP contribution in [0.5, 0.6) is 0 Å². The Kier molecular flexibility index (Phi) is 13.2. The molecule has 0 saturated heterocycles. The summed E-state index contributed by atoms with van der Waals surface area (Å²) in [4.78, 5) is 16.0. The van der Waals surface area contributed by atoms with Crippen molar-refractivity contribution in [1.82, 2.24) is 16.0 Å². The van der Waals surface area contributed by atoms with Gasteiger partial charge in [0.25, 0.3) is 0 Å². The zero-order chi connectivity index (χ0) is 20.3. The fourth-order valence-corrected chi connectivity index (χ4v) is 2.24. The predicted molar refractivity (Wildman–Crippen MR) is 125 cm³/mol. The van der Waals surface area contributed by atoms with Gasteiger partial charge in [0.05, 0.1) is 12.6 Å². The molecule has 1 unspecified atom stereocenters. The summed E-state index contributed by atoms with van der Waals surface area (Å²) in [7, 11) is 0. The van der Waals surface area contributed by atoms with Gasteiger partial charge in [-0.25, -0.2) is 4.79 Å². The van der Waals surface area contributed by atoms with Gasteiger partial charge >= 0.3 is 6.09 Å². The number of nitrogens with zero attached hydrogens (tertiary/aromatic N) is 1. The Morgan fingerprint density at radius 1 is 1.18 bits per heavy atom. The molecular formula is C19H32ClIN4O3. The molecule has 9 heteroatoms. The van der Waals surface area contributed by atoms with Gasteiger partial charge in [0.2, 0.25) is 0 Å². The Bertz CT molecular complexity index is 606. The molecule has 1 aromatic carbocycles. The number of alkyl carbamates (subject to hydrolysis) is 1. The van der Waals surface area contributed by atoms with E-state index in [0.29, 0.717) is 37.0 Å². The van der Waals surface area contributed by atoms with E-state index in [9.17, 15) is 9.90 Å². The van der Waals surface area contributed by atoms with Crippen molar-refractivity contribution in [3.05, 3.63) is 34.9 Å². The molecular weight excluding hydrogens is 495 g/mol.